The molecule has 0 saturated carbocycles. The molecule has 2 heterocycles. The Morgan fingerprint density at radius 1 is 1.29 bits per heavy atom. The minimum absolute atomic E-state index is 0.118. The molecule has 7 heteroatoms. The van der Waals surface area contributed by atoms with Gasteiger partial charge in [-0.1, -0.05) is 11.6 Å². The molecule has 0 radical (unpaired) electrons. The summed E-state index contributed by atoms with van der Waals surface area (Å²) >= 11 is 8.02. The smallest absolute Gasteiger partial charge is 0.191 e. The molecule has 1 saturated heterocycles. The molecule has 0 aliphatic carbocycles. The molecule has 1 aromatic heterocycles. The van der Waals surface area contributed by atoms with Crippen LogP contribution >= 0.6 is 22.9 Å². The van der Waals surface area contributed by atoms with E-state index in [-0.39, 0.29) is 5.41 Å². The predicted molar refractivity (Wildman–Crippen MR) is 117 cm³/mol. The number of nitrogens with zero attached hydrogens (tertiary/aromatic N) is 1. The van der Waals surface area contributed by atoms with E-state index in [2.05, 4.69) is 34.4 Å². The monoisotopic (exact) mass is 421 g/mol. The number of thiophene rings is 1. The lowest BCUT2D eigenvalue weighted by molar-refractivity contribution is 0.0505. The number of nitrogens with one attached hydrogen (secondary N) is 2. The van der Waals surface area contributed by atoms with E-state index in [1.54, 1.807) is 18.4 Å². The van der Waals surface area contributed by atoms with Gasteiger partial charge in [0.15, 0.2) is 5.96 Å². The lowest BCUT2D eigenvalue weighted by Crippen LogP contribution is -2.48. The number of aliphatic imine (C=N–C) groups is 1. The molecular weight excluding hydrogens is 394 g/mol. The third-order valence-electron chi connectivity index (χ3n) is 5.12. The van der Waals surface area contributed by atoms with Gasteiger partial charge < -0.3 is 20.1 Å². The first-order valence-electron chi connectivity index (χ1n) is 9.62. The highest BCUT2D eigenvalue weighted by Gasteiger charge is 2.37. The van der Waals surface area contributed by atoms with E-state index < -0.39 is 0 Å². The molecule has 5 nitrogen and oxygen atoms in total. The van der Waals surface area contributed by atoms with Crippen molar-refractivity contribution in [1.29, 1.82) is 0 Å². The molecule has 0 atom stereocenters. The van der Waals surface area contributed by atoms with E-state index in [9.17, 15) is 0 Å². The Morgan fingerprint density at radius 2 is 2.11 bits per heavy atom. The highest BCUT2D eigenvalue weighted by molar-refractivity contribution is 7.07. The Morgan fingerprint density at radius 3 is 2.79 bits per heavy atom. The molecule has 1 aromatic carbocycles. The summed E-state index contributed by atoms with van der Waals surface area (Å²) in [7, 11) is 1.71. The SMILES string of the molecule is CCNC(=NCc1ccsc1)NCC1(c2cc(Cl)ccc2OC)CCOCC1. The van der Waals surface area contributed by atoms with Gasteiger partial charge in [0.2, 0.25) is 0 Å². The third kappa shape index (κ3) is 5.19. The quantitative estimate of drug-likeness (QED) is 0.519. The van der Waals surface area contributed by atoms with Gasteiger partial charge in [-0.05, 0) is 60.4 Å². The van der Waals surface area contributed by atoms with Crippen LogP contribution in [-0.4, -0.2) is 39.4 Å². The minimum atomic E-state index is -0.118. The molecular formula is C21H28ClN3O2S. The number of methoxy groups -OCH3 is 1. The Labute approximate surface area is 176 Å². The number of ether oxygens (including phenoxy) is 2. The summed E-state index contributed by atoms with van der Waals surface area (Å²) in [5, 5.41) is 11.8. The maximum atomic E-state index is 6.33. The second kappa shape index (κ2) is 10.1. The van der Waals surface area contributed by atoms with Crippen molar-refractivity contribution in [1.82, 2.24) is 10.6 Å². The predicted octanol–water partition coefficient (Wildman–Crippen LogP) is 4.21. The highest BCUT2D eigenvalue weighted by Crippen LogP contribution is 2.40. The van der Waals surface area contributed by atoms with Gasteiger partial charge in [-0.2, -0.15) is 11.3 Å². The van der Waals surface area contributed by atoms with E-state index in [0.717, 1.165) is 61.4 Å². The summed E-state index contributed by atoms with van der Waals surface area (Å²) in [6.45, 7) is 5.73. The second-order valence-corrected chi connectivity index (χ2v) is 8.13. The van der Waals surface area contributed by atoms with Crippen molar-refractivity contribution in [2.45, 2.75) is 31.7 Å². The summed E-state index contributed by atoms with van der Waals surface area (Å²) in [5.41, 5.74) is 2.24. The Bertz CT molecular complexity index is 774. The summed E-state index contributed by atoms with van der Waals surface area (Å²) in [5.74, 6) is 1.69. The van der Waals surface area contributed by atoms with Crippen LogP contribution in [0.2, 0.25) is 5.02 Å². The van der Waals surface area contributed by atoms with E-state index in [1.165, 1.54) is 5.56 Å². The Balaban J connectivity index is 1.81. The molecule has 1 aliphatic rings. The fourth-order valence-electron chi connectivity index (χ4n) is 3.55. The molecule has 0 unspecified atom stereocenters. The van der Waals surface area contributed by atoms with Gasteiger partial charge in [0.25, 0.3) is 0 Å². The Kier molecular flexibility index (Phi) is 7.59. The number of hydrogen-bond donors (Lipinski definition) is 2. The lowest BCUT2D eigenvalue weighted by Gasteiger charge is -2.39. The fourth-order valence-corrected chi connectivity index (χ4v) is 4.38. The van der Waals surface area contributed by atoms with Crippen molar-refractivity contribution < 1.29 is 9.47 Å². The minimum Gasteiger partial charge on any atom is -0.496 e. The van der Waals surface area contributed by atoms with Crippen LogP contribution < -0.4 is 15.4 Å². The second-order valence-electron chi connectivity index (χ2n) is 6.92. The van der Waals surface area contributed by atoms with E-state index in [1.807, 2.05) is 18.2 Å². The van der Waals surface area contributed by atoms with Crippen LogP contribution in [0.4, 0.5) is 0 Å². The Hall–Kier alpha value is -1.76. The highest BCUT2D eigenvalue weighted by atomic mass is 35.5. The topological polar surface area (TPSA) is 54.9 Å². The van der Waals surface area contributed by atoms with E-state index in [4.69, 9.17) is 26.1 Å². The zero-order valence-corrected chi connectivity index (χ0v) is 18.0. The number of guanidine groups is 1. The molecule has 0 amide bonds. The molecule has 0 bridgehead atoms. The van der Waals surface area contributed by atoms with Crippen molar-refractivity contribution in [3.05, 3.63) is 51.2 Å². The number of halogens is 1. The summed E-state index contributed by atoms with van der Waals surface area (Å²) < 4.78 is 11.3. The molecule has 152 valence electrons. The zero-order chi connectivity index (χ0) is 19.8. The molecule has 28 heavy (non-hydrogen) atoms. The van der Waals surface area contributed by atoms with Crippen LogP contribution in [0.1, 0.15) is 30.9 Å². The van der Waals surface area contributed by atoms with E-state index in [0.29, 0.717) is 6.54 Å². The van der Waals surface area contributed by atoms with Gasteiger partial charge in [-0.25, -0.2) is 4.99 Å². The molecule has 1 aliphatic heterocycles. The van der Waals surface area contributed by atoms with Crippen LogP contribution in [0.15, 0.2) is 40.0 Å². The first-order chi connectivity index (χ1) is 13.7. The van der Waals surface area contributed by atoms with Crippen molar-refractivity contribution in [2.24, 2.45) is 4.99 Å². The average molecular weight is 422 g/mol. The van der Waals surface area contributed by atoms with Crippen molar-refractivity contribution in [3.8, 4) is 5.75 Å². The normalized spacial score (nSPS) is 16.6. The van der Waals surface area contributed by atoms with Gasteiger partial charge >= 0.3 is 0 Å². The summed E-state index contributed by atoms with van der Waals surface area (Å²) in [4.78, 5) is 4.74. The number of benzene rings is 1. The molecule has 3 rings (SSSR count). The van der Waals surface area contributed by atoms with Crippen LogP contribution in [-0.2, 0) is 16.7 Å². The van der Waals surface area contributed by atoms with Crippen molar-refractivity contribution in [2.75, 3.05) is 33.4 Å². The van der Waals surface area contributed by atoms with Crippen LogP contribution in [0.3, 0.4) is 0 Å². The molecule has 2 N–H and O–H groups in total. The number of rotatable bonds is 7. The molecule has 2 aromatic rings. The van der Waals surface area contributed by atoms with Gasteiger partial charge in [0, 0.05) is 42.3 Å². The van der Waals surface area contributed by atoms with Gasteiger partial charge in [0.1, 0.15) is 5.75 Å². The maximum absolute atomic E-state index is 6.33. The lowest BCUT2D eigenvalue weighted by atomic mass is 9.73. The van der Waals surface area contributed by atoms with Gasteiger partial charge in [-0.15, -0.1) is 0 Å². The fraction of sp³-hybridized carbons (Fsp3) is 0.476. The van der Waals surface area contributed by atoms with Gasteiger partial charge in [0.05, 0.1) is 13.7 Å². The van der Waals surface area contributed by atoms with Crippen molar-refractivity contribution in [3.63, 3.8) is 0 Å². The van der Waals surface area contributed by atoms with E-state index >= 15 is 0 Å². The first-order valence-corrected chi connectivity index (χ1v) is 10.9. The summed E-state index contributed by atoms with van der Waals surface area (Å²) in [6.07, 6.45) is 1.81. The summed E-state index contributed by atoms with van der Waals surface area (Å²) in [6, 6.07) is 7.96. The van der Waals surface area contributed by atoms with Gasteiger partial charge in [-0.3, -0.25) is 0 Å². The zero-order valence-electron chi connectivity index (χ0n) is 16.5. The third-order valence-corrected chi connectivity index (χ3v) is 6.09. The van der Waals surface area contributed by atoms with Crippen LogP contribution in [0.5, 0.6) is 5.75 Å². The largest absolute Gasteiger partial charge is 0.496 e. The number of hydrogen-bond acceptors (Lipinski definition) is 4. The standard InChI is InChI=1S/C21H28ClN3O2S/c1-3-23-20(24-13-16-6-11-28-14-16)25-15-21(7-9-27-10-8-21)18-12-17(22)4-5-19(18)26-2/h4-6,11-12,14H,3,7-10,13,15H2,1-2H3,(H2,23,24,25). The first kappa shape index (κ1) is 21.0. The maximum Gasteiger partial charge on any atom is 0.191 e. The molecule has 0 spiro atoms. The van der Waals surface area contributed by atoms with Crippen LogP contribution in [0, 0.1) is 0 Å². The van der Waals surface area contributed by atoms with Crippen LogP contribution in [0.25, 0.3) is 0 Å². The van der Waals surface area contributed by atoms with Crippen molar-refractivity contribution >= 4 is 28.9 Å². The average Bonchev–Trinajstić information content (AvgIpc) is 3.24. The molecule has 1 fully saturated rings.